The Balaban J connectivity index is 0.000000279. The fourth-order valence-electron chi connectivity index (χ4n) is 7.52. The molecular weight excluding hydrogens is 352 g/mol. The van der Waals surface area contributed by atoms with Crippen LogP contribution in [0.2, 0.25) is 0 Å². The highest BCUT2D eigenvalue weighted by Gasteiger charge is 2.60. The molecule has 4 heteroatoms. The second-order valence-electron chi connectivity index (χ2n) is 10.8. The lowest BCUT2D eigenvalue weighted by molar-refractivity contribution is -0.168. The van der Waals surface area contributed by atoms with Gasteiger partial charge in [-0.1, -0.05) is 33.6 Å². The van der Waals surface area contributed by atoms with E-state index in [0.29, 0.717) is 35.0 Å². The van der Waals surface area contributed by atoms with Crippen LogP contribution in [0.15, 0.2) is 0 Å². The summed E-state index contributed by atoms with van der Waals surface area (Å²) in [5, 5.41) is 29.0. The zero-order valence-electron chi connectivity index (χ0n) is 18.2. The number of carboxylic acid groups (broad SMARTS) is 1. The summed E-state index contributed by atoms with van der Waals surface area (Å²) in [7, 11) is 0. The van der Waals surface area contributed by atoms with Crippen LogP contribution in [0.25, 0.3) is 0 Å². The molecule has 0 aromatic rings. The molecule has 0 radical (unpaired) electrons. The molecule has 0 spiro atoms. The van der Waals surface area contributed by atoms with Crippen LogP contribution in [0.1, 0.15) is 97.8 Å². The molecule has 8 atom stereocenters. The average Bonchev–Trinajstić information content (AvgIpc) is 3.03. The summed E-state index contributed by atoms with van der Waals surface area (Å²) in [5.41, 5.74) is 0.895. The fraction of sp³-hybridized carbons (Fsp3) is 0.958. The van der Waals surface area contributed by atoms with Gasteiger partial charge in [-0.05, 0) is 92.3 Å². The summed E-state index contributed by atoms with van der Waals surface area (Å²) in [6, 6.07) is 0. The van der Waals surface area contributed by atoms with Gasteiger partial charge in [0.05, 0.1) is 12.2 Å². The van der Waals surface area contributed by atoms with Gasteiger partial charge < -0.3 is 15.3 Å². The molecule has 4 saturated carbocycles. The third kappa shape index (κ3) is 4.14. The van der Waals surface area contributed by atoms with Crippen molar-refractivity contribution >= 4 is 5.97 Å². The second kappa shape index (κ2) is 8.63. The third-order valence-corrected chi connectivity index (χ3v) is 9.18. The Kier molecular flexibility index (Phi) is 6.81. The lowest BCUT2D eigenvalue weighted by Crippen LogP contribution is -2.57. The monoisotopic (exact) mass is 394 g/mol. The Morgan fingerprint density at radius 3 is 2.39 bits per heavy atom. The predicted octanol–water partition coefficient (Wildman–Crippen LogP) is 5.01. The number of carbonyl (C=O) groups is 1. The number of aliphatic hydroxyl groups is 2. The quantitative estimate of drug-likeness (QED) is 0.628. The summed E-state index contributed by atoms with van der Waals surface area (Å²) < 4.78 is 0. The predicted molar refractivity (Wildman–Crippen MR) is 111 cm³/mol. The van der Waals surface area contributed by atoms with E-state index in [9.17, 15) is 15.0 Å². The van der Waals surface area contributed by atoms with E-state index in [1.807, 2.05) is 6.92 Å². The Labute approximate surface area is 171 Å². The lowest BCUT2D eigenvalue weighted by Gasteiger charge is -2.61. The first-order valence-corrected chi connectivity index (χ1v) is 11.8. The maximum Gasteiger partial charge on any atom is 0.303 e. The van der Waals surface area contributed by atoms with Crippen molar-refractivity contribution in [1.82, 2.24) is 0 Å². The molecule has 4 fully saturated rings. The first-order valence-electron chi connectivity index (χ1n) is 11.8. The molecule has 0 aliphatic heterocycles. The molecule has 0 aromatic carbocycles. The van der Waals surface area contributed by atoms with Crippen molar-refractivity contribution in [2.24, 2.45) is 34.5 Å². The van der Waals surface area contributed by atoms with E-state index in [1.54, 1.807) is 0 Å². The van der Waals surface area contributed by atoms with Gasteiger partial charge in [0.1, 0.15) is 0 Å². The normalized spacial score (nSPS) is 47.2. The first-order chi connectivity index (χ1) is 13.2. The van der Waals surface area contributed by atoms with Crippen molar-refractivity contribution in [3.8, 4) is 0 Å². The fourth-order valence-corrected chi connectivity index (χ4v) is 7.52. The Bertz CT molecular complexity index is 549. The topological polar surface area (TPSA) is 77.8 Å². The maximum absolute atomic E-state index is 10.9. The summed E-state index contributed by atoms with van der Waals surface area (Å²) in [6.45, 7) is 6.96. The van der Waals surface area contributed by atoms with Gasteiger partial charge in [-0.25, -0.2) is 0 Å². The van der Waals surface area contributed by atoms with E-state index < -0.39 is 5.97 Å². The highest BCUT2D eigenvalue weighted by molar-refractivity contribution is 5.66. The molecule has 0 amide bonds. The number of unbranched alkanes of at least 4 members (excludes halogenated alkanes) is 1. The van der Waals surface area contributed by atoms with Gasteiger partial charge in [-0.15, -0.1) is 0 Å². The molecule has 0 saturated heterocycles. The third-order valence-electron chi connectivity index (χ3n) is 9.18. The molecule has 0 bridgehead atoms. The molecule has 4 aliphatic carbocycles. The van der Waals surface area contributed by atoms with Crippen LogP contribution in [-0.2, 0) is 4.79 Å². The molecule has 4 rings (SSSR count). The minimum Gasteiger partial charge on any atom is -0.481 e. The van der Waals surface area contributed by atoms with Gasteiger partial charge >= 0.3 is 5.97 Å². The van der Waals surface area contributed by atoms with E-state index in [1.165, 1.54) is 38.5 Å². The van der Waals surface area contributed by atoms with Crippen LogP contribution in [-0.4, -0.2) is 33.5 Å². The van der Waals surface area contributed by atoms with Crippen LogP contribution in [0, 0.1) is 34.5 Å². The first kappa shape index (κ1) is 22.1. The number of carboxylic acids is 1. The van der Waals surface area contributed by atoms with Gasteiger partial charge in [0.25, 0.3) is 0 Å². The van der Waals surface area contributed by atoms with E-state index in [2.05, 4.69) is 13.8 Å². The van der Waals surface area contributed by atoms with Crippen molar-refractivity contribution < 1.29 is 20.1 Å². The summed E-state index contributed by atoms with van der Waals surface area (Å²) in [6.07, 6.45) is 12.7. The number of fused-ring (bicyclic) bond motifs is 5. The van der Waals surface area contributed by atoms with E-state index in [-0.39, 0.29) is 12.2 Å². The second-order valence-corrected chi connectivity index (χ2v) is 10.8. The van der Waals surface area contributed by atoms with Gasteiger partial charge in [0.2, 0.25) is 0 Å². The molecule has 0 heterocycles. The molecule has 28 heavy (non-hydrogen) atoms. The van der Waals surface area contributed by atoms with Gasteiger partial charge in [-0.3, -0.25) is 4.79 Å². The van der Waals surface area contributed by atoms with E-state index in [0.717, 1.165) is 38.0 Å². The van der Waals surface area contributed by atoms with Crippen LogP contribution in [0.4, 0.5) is 0 Å². The standard InChI is InChI=1S/C19H32O2.C5H10O2/c1-18-7-3-4-14(18)17-15(6-8-18)19(2)9-5-13(20)10-12(19)11-16(17)21;1-2-3-4-5(6)7/h12-17,20-21H,3-11H2,1-2H3;2-4H2,1H3,(H,6,7)/t12?,13-,14+,15+,16-,17?,18?,19?;/m1./s1. The summed E-state index contributed by atoms with van der Waals surface area (Å²) in [5.74, 6) is 1.86. The van der Waals surface area contributed by atoms with Crippen molar-refractivity contribution in [3.05, 3.63) is 0 Å². The van der Waals surface area contributed by atoms with Crippen LogP contribution >= 0.6 is 0 Å². The summed E-state index contributed by atoms with van der Waals surface area (Å²) in [4.78, 5) is 9.76. The van der Waals surface area contributed by atoms with Crippen molar-refractivity contribution in [2.75, 3.05) is 0 Å². The SMILES string of the molecule is CC12CCC[C@H]1C1[C@H](O)CC3C[C@H](O)CCC3(C)[C@H]1CC2.CCCCC(=O)O. The van der Waals surface area contributed by atoms with Gasteiger partial charge in [0.15, 0.2) is 0 Å². The van der Waals surface area contributed by atoms with E-state index in [4.69, 9.17) is 5.11 Å². The molecular formula is C24H42O4. The Morgan fingerprint density at radius 2 is 1.75 bits per heavy atom. The molecule has 0 aromatic heterocycles. The largest absolute Gasteiger partial charge is 0.481 e. The average molecular weight is 395 g/mol. The molecule has 4 unspecified atom stereocenters. The number of hydrogen-bond donors (Lipinski definition) is 3. The van der Waals surface area contributed by atoms with Crippen LogP contribution < -0.4 is 0 Å². The minimum atomic E-state index is -0.693. The van der Waals surface area contributed by atoms with Crippen LogP contribution in [0.5, 0.6) is 0 Å². The van der Waals surface area contributed by atoms with Crippen molar-refractivity contribution in [1.29, 1.82) is 0 Å². The highest BCUT2D eigenvalue weighted by Crippen LogP contribution is 2.66. The van der Waals surface area contributed by atoms with Crippen molar-refractivity contribution in [3.63, 3.8) is 0 Å². The zero-order chi connectivity index (χ0) is 20.5. The maximum atomic E-state index is 10.9. The van der Waals surface area contributed by atoms with E-state index >= 15 is 0 Å². The summed E-state index contributed by atoms with van der Waals surface area (Å²) >= 11 is 0. The lowest BCUT2D eigenvalue weighted by atomic mass is 9.44. The number of hydrogen-bond acceptors (Lipinski definition) is 3. The van der Waals surface area contributed by atoms with Gasteiger partial charge in [0, 0.05) is 6.42 Å². The number of aliphatic hydroxyl groups excluding tert-OH is 2. The molecule has 162 valence electrons. The smallest absolute Gasteiger partial charge is 0.303 e. The van der Waals surface area contributed by atoms with Gasteiger partial charge in [-0.2, -0.15) is 0 Å². The Morgan fingerprint density at radius 1 is 1.00 bits per heavy atom. The zero-order valence-corrected chi connectivity index (χ0v) is 18.2. The number of aliphatic carboxylic acids is 1. The highest BCUT2D eigenvalue weighted by atomic mass is 16.4. The molecule has 4 aliphatic rings. The Hall–Kier alpha value is -0.610. The molecule has 3 N–H and O–H groups in total. The number of rotatable bonds is 3. The minimum absolute atomic E-state index is 0.110. The van der Waals surface area contributed by atoms with Crippen molar-refractivity contribution in [2.45, 2.75) is 110 Å². The van der Waals surface area contributed by atoms with Crippen LogP contribution in [0.3, 0.4) is 0 Å². The molecule has 4 nitrogen and oxygen atoms in total.